The molecule has 0 aliphatic rings. The van der Waals surface area contributed by atoms with Gasteiger partial charge in [0.15, 0.2) is 0 Å². The van der Waals surface area contributed by atoms with Crippen molar-refractivity contribution in [2.75, 3.05) is 7.11 Å². The van der Waals surface area contributed by atoms with Gasteiger partial charge in [0.05, 0.1) is 7.11 Å². The molecule has 0 N–H and O–H groups in total. The number of benzene rings is 1. The van der Waals surface area contributed by atoms with Crippen LogP contribution < -0.4 is 4.74 Å². The lowest BCUT2D eigenvalue weighted by atomic mass is 9.88. The lowest BCUT2D eigenvalue weighted by Crippen LogP contribution is -2.05. The van der Waals surface area contributed by atoms with Crippen LogP contribution in [0.3, 0.4) is 0 Å². The highest BCUT2D eigenvalue weighted by molar-refractivity contribution is 6.31. The Morgan fingerprint density at radius 2 is 2.12 bits per heavy atom. The number of ether oxygens (including phenoxy) is 1. The van der Waals surface area contributed by atoms with Crippen molar-refractivity contribution in [3.05, 3.63) is 27.8 Å². The Morgan fingerprint density at radius 1 is 1.47 bits per heavy atom. The molecular weight excluding hydrogens is 232 g/mol. The van der Waals surface area contributed by atoms with Crippen LogP contribution in [-0.4, -0.2) is 7.11 Å². The third-order valence-electron chi connectivity index (χ3n) is 3.18. The number of methoxy groups -OCH3 is 1. The van der Waals surface area contributed by atoms with Gasteiger partial charge in [0.25, 0.3) is 0 Å². The van der Waals surface area contributed by atoms with Gasteiger partial charge in [-0.3, -0.25) is 0 Å². The van der Waals surface area contributed by atoms with Crippen LogP contribution in [0.25, 0.3) is 0 Å². The molecule has 0 aliphatic heterocycles. The fourth-order valence-corrected chi connectivity index (χ4v) is 2.50. The van der Waals surface area contributed by atoms with E-state index in [0.717, 1.165) is 33.9 Å². The molecule has 1 unspecified atom stereocenters. The molecule has 0 saturated heterocycles. The van der Waals surface area contributed by atoms with Crippen molar-refractivity contribution < 1.29 is 4.74 Å². The number of rotatable bonds is 4. The predicted molar refractivity (Wildman–Crippen MR) is 74.0 cm³/mol. The first-order valence-corrected chi connectivity index (χ1v) is 6.21. The van der Waals surface area contributed by atoms with E-state index in [2.05, 4.69) is 12.8 Å². The van der Waals surface area contributed by atoms with Crippen LogP contribution in [0.5, 0.6) is 5.75 Å². The van der Waals surface area contributed by atoms with Crippen LogP contribution in [0.15, 0.2) is 6.07 Å². The Kier molecular flexibility index (Phi) is 4.90. The van der Waals surface area contributed by atoms with Crippen molar-refractivity contribution >= 4 is 11.6 Å². The molecule has 1 aromatic carbocycles. The predicted octanol–water partition coefficient (Wildman–Crippen LogP) is 4.48. The summed E-state index contributed by atoms with van der Waals surface area (Å²) < 4.78 is 5.51. The molecule has 0 aromatic heterocycles. The van der Waals surface area contributed by atoms with Gasteiger partial charge < -0.3 is 4.74 Å². The van der Waals surface area contributed by atoms with Crippen LogP contribution >= 0.6 is 11.6 Å². The fourth-order valence-electron chi connectivity index (χ4n) is 2.23. The SMILES string of the molecule is C#CCC(CC)c1c(C)c(Cl)cc(C)c1OC. The molecule has 1 nitrogen and oxygen atoms in total. The Morgan fingerprint density at radius 3 is 2.59 bits per heavy atom. The minimum absolute atomic E-state index is 0.312. The van der Waals surface area contributed by atoms with Gasteiger partial charge in [0, 0.05) is 17.0 Å². The second-order valence-electron chi connectivity index (χ2n) is 4.26. The number of halogens is 1. The monoisotopic (exact) mass is 250 g/mol. The zero-order valence-electron chi connectivity index (χ0n) is 10.9. The fraction of sp³-hybridized carbons (Fsp3) is 0.467. The average molecular weight is 251 g/mol. The van der Waals surface area contributed by atoms with E-state index in [-0.39, 0.29) is 0 Å². The third-order valence-corrected chi connectivity index (χ3v) is 3.57. The largest absolute Gasteiger partial charge is 0.496 e. The summed E-state index contributed by atoms with van der Waals surface area (Å²) in [4.78, 5) is 0. The lowest BCUT2D eigenvalue weighted by Gasteiger charge is -2.21. The molecule has 1 rings (SSSR count). The number of hydrogen-bond donors (Lipinski definition) is 0. The topological polar surface area (TPSA) is 9.23 Å². The molecule has 1 aromatic rings. The summed E-state index contributed by atoms with van der Waals surface area (Å²) in [5.41, 5.74) is 3.31. The van der Waals surface area contributed by atoms with E-state index in [1.54, 1.807) is 7.11 Å². The molecule has 0 heterocycles. The van der Waals surface area contributed by atoms with Crippen LogP contribution in [0, 0.1) is 26.2 Å². The summed E-state index contributed by atoms with van der Waals surface area (Å²) >= 11 is 6.24. The molecule has 0 aliphatic carbocycles. The minimum Gasteiger partial charge on any atom is -0.496 e. The molecule has 0 fully saturated rings. The van der Waals surface area contributed by atoms with Gasteiger partial charge in [0.2, 0.25) is 0 Å². The average Bonchev–Trinajstić information content (AvgIpc) is 2.31. The molecule has 0 spiro atoms. The zero-order valence-corrected chi connectivity index (χ0v) is 11.7. The highest BCUT2D eigenvalue weighted by Gasteiger charge is 2.20. The molecule has 0 radical (unpaired) electrons. The molecule has 1 atom stereocenters. The summed E-state index contributed by atoms with van der Waals surface area (Å²) in [5.74, 6) is 3.97. The van der Waals surface area contributed by atoms with Crippen molar-refractivity contribution in [2.45, 2.75) is 39.5 Å². The van der Waals surface area contributed by atoms with Gasteiger partial charge >= 0.3 is 0 Å². The highest BCUT2D eigenvalue weighted by atomic mass is 35.5. The molecule has 0 saturated carbocycles. The van der Waals surface area contributed by atoms with Crippen molar-refractivity contribution in [2.24, 2.45) is 0 Å². The Hall–Kier alpha value is -1.13. The van der Waals surface area contributed by atoms with Gasteiger partial charge in [-0.2, -0.15) is 0 Å². The molecule has 17 heavy (non-hydrogen) atoms. The number of aryl methyl sites for hydroxylation is 1. The summed E-state index contributed by atoms with van der Waals surface area (Å²) in [7, 11) is 1.70. The first-order valence-electron chi connectivity index (χ1n) is 5.83. The van der Waals surface area contributed by atoms with Crippen molar-refractivity contribution in [1.82, 2.24) is 0 Å². The minimum atomic E-state index is 0.312. The standard InChI is InChI=1S/C15H19ClO/c1-6-8-12(7-2)14-11(4)13(16)9-10(3)15(14)17-5/h1,9,12H,7-8H2,2-5H3. The Balaban J connectivity index is 3.42. The van der Waals surface area contributed by atoms with E-state index in [9.17, 15) is 0 Å². The molecule has 0 bridgehead atoms. The summed E-state index contributed by atoms with van der Waals surface area (Å²) in [6.45, 7) is 6.17. The summed E-state index contributed by atoms with van der Waals surface area (Å²) in [6, 6.07) is 1.95. The first kappa shape index (κ1) is 13.9. The summed E-state index contributed by atoms with van der Waals surface area (Å²) in [6.07, 6.45) is 7.14. The van der Waals surface area contributed by atoms with E-state index < -0.39 is 0 Å². The van der Waals surface area contributed by atoms with Crippen molar-refractivity contribution in [3.63, 3.8) is 0 Å². The number of terminal acetylenes is 1. The molecule has 0 amide bonds. The van der Waals surface area contributed by atoms with Crippen LogP contribution in [0.1, 0.15) is 42.4 Å². The van der Waals surface area contributed by atoms with Crippen LogP contribution in [0.4, 0.5) is 0 Å². The van der Waals surface area contributed by atoms with Crippen molar-refractivity contribution in [1.29, 1.82) is 0 Å². The van der Waals surface area contributed by atoms with Gasteiger partial charge in [-0.1, -0.05) is 18.5 Å². The van der Waals surface area contributed by atoms with E-state index >= 15 is 0 Å². The van der Waals surface area contributed by atoms with Gasteiger partial charge in [0.1, 0.15) is 5.75 Å². The Bertz CT molecular complexity index is 443. The molecule has 92 valence electrons. The van der Waals surface area contributed by atoms with Gasteiger partial charge in [-0.05, 0) is 43.4 Å². The maximum absolute atomic E-state index is 6.24. The first-order chi connectivity index (χ1) is 8.06. The van der Waals surface area contributed by atoms with E-state index in [4.69, 9.17) is 22.8 Å². The Labute approximate surface area is 109 Å². The van der Waals surface area contributed by atoms with Gasteiger partial charge in [-0.25, -0.2) is 0 Å². The third kappa shape index (κ3) is 2.76. The van der Waals surface area contributed by atoms with Crippen molar-refractivity contribution in [3.8, 4) is 18.1 Å². The zero-order chi connectivity index (χ0) is 13.0. The molecular formula is C15H19ClO. The van der Waals surface area contributed by atoms with Gasteiger partial charge in [-0.15, -0.1) is 12.3 Å². The highest BCUT2D eigenvalue weighted by Crippen LogP contribution is 2.39. The smallest absolute Gasteiger partial charge is 0.125 e. The van der Waals surface area contributed by atoms with Crippen LogP contribution in [-0.2, 0) is 0 Å². The normalized spacial score (nSPS) is 12.0. The quantitative estimate of drug-likeness (QED) is 0.716. The van der Waals surface area contributed by atoms with Crippen LogP contribution in [0.2, 0.25) is 5.02 Å². The maximum Gasteiger partial charge on any atom is 0.125 e. The summed E-state index contributed by atoms with van der Waals surface area (Å²) in [5, 5.41) is 0.786. The number of hydrogen-bond acceptors (Lipinski definition) is 1. The second kappa shape index (κ2) is 5.98. The lowest BCUT2D eigenvalue weighted by molar-refractivity contribution is 0.401. The molecule has 2 heteroatoms. The van der Waals surface area contributed by atoms with E-state index in [1.165, 1.54) is 0 Å². The maximum atomic E-state index is 6.24. The van der Waals surface area contributed by atoms with E-state index in [0.29, 0.717) is 12.3 Å². The second-order valence-corrected chi connectivity index (χ2v) is 4.67. The van der Waals surface area contributed by atoms with E-state index in [1.807, 2.05) is 19.9 Å².